The number of carboxylic acid groups (broad SMARTS) is 1. The molecule has 0 aliphatic heterocycles. The van der Waals surface area contributed by atoms with E-state index in [-0.39, 0.29) is 41.0 Å². The van der Waals surface area contributed by atoms with Crippen LogP contribution in [-0.4, -0.2) is 53.3 Å². The van der Waals surface area contributed by atoms with Crippen LogP contribution in [0.4, 0.5) is 18.9 Å². The summed E-state index contributed by atoms with van der Waals surface area (Å²) in [4.78, 5) is 55.2. The number of aliphatic carboxylic acids is 1. The number of amides is 2. The van der Waals surface area contributed by atoms with Gasteiger partial charge in [-0.05, 0) is 90.4 Å². The summed E-state index contributed by atoms with van der Waals surface area (Å²) < 4.78 is 45.6. The molecule has 2 N–H and O–H groups in total. The monoisotopic (exact) mass is 714 g/mol. The molecule has 4 aromatic carbocycles. The van der Waals surface area contributed by atoms with Gasteiger partial charge in [-0.2, -0.15) is 13.2 Å². The van der Waals surface area contributed by atoms with Crippen LogP contribution in [0.5, 0.6) is 5.75 Å². The Morgan fingerprint density at radius 3 is 2.21 bits per heavy atom. The number of anilines is 1. The molecular formula is C39H37F3N4O6. The van der Waals surface area contributed by atoms with E-state index in [0.29, 0.717) is 23.0 Å². The number of nitrogens with zero attached hydrogens (tertiary/aromatic N) is 3. The summed E-state index contributed by atoms with van der Waals surface area (Å²) in [6.07, 6.45) is -4.28. The van der Waals surface area contributed by atoms with Crippen molar-refractivity contribution in [1.82, 2.24) is 4.90 Å². The lowest BCUT2D eigenvalue weighted by molar-refractivity contribution is -0.139. The zero-order chi connectivity index (χ0) is 37.6. The maximum atomic E-state index is 13.6. The van der Waals surface area contributed by atoms with Gasteiger partial charge in [-0.1, -0.05) is 60.2 Å². The van der Waals surface area contributed by atoms with Crippen LogP contribution in [0.25, 0.3) is 0 Å². The smallest absolute Gasteiger partial charge is 0.416 e. The number of aliphatic imine (C=N–C) groups is 1. The first kappa shape index (κ1) is 37.4. The van der Waals surface area contributed by atoms with Gasteiger partial charge in [0.1, 0.15) is 12.3 Å². The minimum Gasteiger partial charge on any atom is -0.497 e. The second kappa shape index (κ2) is 16.0. The number of carbonyl (C=O) groups is 3. The average Bonchev–Trinajstić information content (AvgIpc) is 3.92. The summed E-state index contributed by atoms with van der Waals surface area (Å²) in [6, 6.07) is 23.8. The van der Waals surface area contributed by atoms with E-state index in [1.807, 2.05) is 13.8 Å². The molecule has 0 radical (unpaired) electrons. The highest BCUT2D eigenvalue weighted by Crippen LogP contribution is 2.50. The quantitative estimate of drug-likeness (QED) is 0.0830. The molecule has 0 saturated heterocycles. The standard InChI is InChI=1S/C39H37F3N4O6/c1-23-4-8-26(9-5-23)33-20-32(33)24(2)43-37(45-51)27-10-6-25(7-11-27)21-46(22-36(48)49)38(50)28-12-15-30(16-13-28)44-35(47)18-29-14-17-31(52-3)19-34(29)39(40,41)42/h4-17,19,24,32-33H,18,20-22H2,1-3H3,(H,44,47)(H,48,49)/b43-37-. The molecule has 1 aliphatic rings. The van der Waals surface area contributed by atoms with Crippen LogP contribution in [0.1, 0.15) is 63.0 Å². The van der Waals surface area contributed by atoms with E-state index in [9.17, 15) is 37.6 Å². The zero-order valence-corrected chi connectivity index (χ0v) is 28.7. The molecule has 3 atom stereocenters. The van der Waals surface area contributed by atoms with E-state index in [1.165, 1.54) is 54.6 Å². The Hall–Kier alpha value is -5.85. The highest BCUT2D eigenvalue weighted by molar-refractivity contribution is 6.00. The number of carboxylic acids is 1. The van der Waals surface area contributed by atoms with Crippen molar-refractivity contribution >= 4 is 29.3 Å². The van der Waals surface area contributed by atoms with Crippen LogP contribution < -0.4 is 10.1 Å². The Morgan fingerprint density at radius 2 is 1.62 bits per heavy atom. The second-order valence-corrected chi connectivity index (χ2v) is 12.8. The predicted octanol–water partition coefficient (Wildman–Crippen LogP) is 7.64. The largest absolute Gasteiger partial charge is 0.497 e. The molecule has 1 aliphatic carbocycles. The molecule has 0 spiro atoms. The molecule has 13 heteroatoms. The van der Waals surface area contributed by atoms with Crippen LogP contribution in [0, 0.1) is 17.7 Å². The highest BCUT2D eigenvalue weighted by atomic mass is 19.4. The van der Waals surface area contributed by atoms with Gasteiger partial charge >= 0.3 is 12.1 Å². The lowest BCUT2D eigenvalue weighted by Gasteiger charge is -2.21. The van der Waals surface area contributed by atoms with Gasteiger partial charge in [0.05, 0.1) is 25.1 Å². The highest BCUT2D eigenvalue weighted by Gasteiger charge is 2.42. The Bertz CT molecular complexity index is 1960. The molecule has 52 heavy (non-hydrogen) atoms. The number of aryl methyl sites for hydroxylation is 1. The van der Waals surface area contributed by atoms with Gasteiger partial charge in [0.2, 0.25) is 5.91 Å². The number of hydrogen-bond acceptors (Lipinski definition) is 6. The Kier molecular flexibility index (Phi) is 11.5. The van der Waals surface area contributed by atoms with Gasteiger partial charge in [0, 0.05) is 23.4 Å². The summed E-state index contributed by atoms with van der Waals surface area (Å²) in [6.45, 7) is 3.33. The maximum absolute atomic E-state index is 13.6. The lowest BCUT2D eigenvalue weighted by Crippen LogP contribution is -2.35. The zero-order valence-electron chi connectivity index (χ0n) is 28.7. The fourth-order valence-corrected chi connectivity index (χ4v) is 6.08. The molecule has 0 aromatic heterocycles. The topological polar surface area (TPSA) is 138 Å². The number of halogens is 3. The maximum Gasteiger partial charge on any atom is 0.416 e. The number of methoxy groups -OCH3 is 1. The SMILES string of the molecule is COc1ccc(CC(=O)Nc2ccc(C(=O)N(CC(=O)O)Cc3ccc(/C(N=O)=N/C(C)C4CC4c4ccc(C)cc4)cc3)cc2)c(C(F)(F)F)c1. The number of benzene rings is 4. The molecule has 5 rings (SSSR count). The third kappa shape index (κ3) is 9.47. The summed E-state index contributed by atoms with van der Waals surface area (Å²) in [5.41, 5.74) is 2.66. The summed E-state index contributed by atoms with van der Waals surface area (Å²) in [5, 5.41) is 15.2. The van der Waals surface area contributed by atoms with Crippen molar-refractivity contribution in [2.24, 2.45) is 16.1 Å². The molecule has 0 bridgehead atoms. The number of hydrogen-bond donors (Lipinski definition) is 2. The molecule has 1 fully saturated rings. The van der Waals surface area contributed by atoms with Crippen LogP contribution in [0.15, 0.2) is 101 Å². The molecule has 3 unspecified atom stereocenters. The van der Waals surface area contributed by atoms with Crippen LogP contribution in [0.2, 0.25) is 0 Å². The van der Waals surface area contributed by atoms with E-state index < -0.39 is 42.5 Å². The first-order chi connectivity index (χ1) is 24.7. The van der Waals surface area contributed by atoms with E-state index in [1.54, 1.807) is 24.3 Å². The third-order valence-electron chi connectivity index (χ3n) is 8.97. The minimum absolute atomic E-state index is 0.00551. The normalized spacial score (nSPS) is 16.1. The van der Waals surface area contributed by atoms with Crippen LogP contribution in [0.3, 0.4) is 0 Å². The van der Waals surface area contributed by atoms with Gasteiger partial charge in [0.25, 0.3) is 5.91 Å². The van der Waals surface area contributed by atoms with Crippen molar-refractivity contribution in [3.8, 4) is 5.75 Å². The Balaban J connectivity index is 1.21. The fourth-order valence-electron chi connectivity index (χ4n) is 6.08. The lowest BCUT2D eigenvalue weighted by atomic mass is 10.0. The first-order valence-corrected chi connectivity index (χ1v) is 16.5. The van der Waals surface area contributed by atoms with Crippen molar-refractivity contribution in [3.63, 3.8) is 0 Å². The molecular weight excluding hydrogens is 677 g/mol. The van der Waals surface area contributed by atoms with Crippen LogP contribution in [-0.2, 0) is 28.7 Å². The van der Waals surface area contributed by atoms with Gasteiger partial charge in [-0.15, -0.1) is 4.91 Å². The number of alkyl halides is 3. The number of amidine groups is 1. The number of rotatable bonds is 13. The summed E-state index contributed by atoms with van der Waals surface area (Å²) in [7, 11) is 1.24. The fraction of sp³-hybridized carbons (Fsp3) is 0.282. The molecule has 1 saturated carbocycles. The molecule has 270 valence electrons. The van der Waals surface area contributed by atoms with E-state index in [0.717, 1.165) is 17.4 Å². The molecule has 2 amide bonds. The van der Waals surface area contributed by atoms with Crippen LogP contribution >= 0.6 is 0 Å². The third-order valence-corrected chi connectivity index (χ3v) is 8.97. The average molecular weight is 715 g/mol. The first-order valence-electron chi connectivity index (χ1n) is 16.5. The van der Waals surface area contributed by atoms with Crippen molar-refractivity contribution in [2.45, 2.75) is 51.4 Å². The van der Waals surface area contributed by atoms with Crippen molar-refractivity contribution in [3.05, 3.63) is 135 Å². The number of nitroso groups, excluding NO2 is 1. The van der Waals surface area contributed by atoms with Crippen molar-refractivity contribution < 1.29 is 37.4 Å². The minimum atomic E-state index is -4.69. The number of nitrogens with one attached hydrogen (secondary N) is 1. The Labute approximate surface area is 298 Å². The molecule has 4 aromatic rings. The predicted molar refractivity (Wildman–Crippen MR) is 189 cm³/mol. The summed E-state index contributed by atoms with van der Waals surface area (Å²) in [5.74, 6) is -1.81. The molecule has 10 nitrogen and oxygen atoms in total. The van der Waals surface area contributed by atoms with E-state index in [2.05, 4.69) is 39.8 Å². The number of carbonyl (C=O) groups excluding carboxylic acids is 2. The summed E-state index contributed by atoms with van der Waals surface area (Å²) >= 11 is 0. The van der Waals surface area contributed by atoms with E-state index in [4.69, 9.17) is 4.74 Å². The van der Waals surface area contributed by atoms with Crippen molar-refractivity contribution in [2.75, 3.05) is 19.0 Å². The number of ether oxygens (including phenoxy) is 1. The van der Waals surface area contributed by atoms with Crippen molar-refractivity contribution in [1.29, 1.82) is 0 Å². The van der Waals surface area contributed by atoms with Gasteiger partial charge in [-0.3, -0.25) is 19.4 Å². The van der Waals surface area contributed by atoms with E-state index >= 15 is 0 Å². The van der Waals surface area contributed by atoms with Gasteiger partial charge < -0.3 is 20.1 Å². The van der Waals surface area contributed by atoms with Gasteiger partial charge in [0.15, 0.2) is 5.84 Å². The molecule has 0 heterocycles. The van der Waals surface area contributed by atoms with Gasteiger partial charge in [-0.25, -0.2) is 0 Å². The Morgan fingerprint density at radius 1 is 0.962 bits per heavy atom. The second-order valence-electron chi connectivity index (χ2n) is 12.8.